The quantitative estimate of drug-likeness (QED) is 0.439. The Morgan fingerprint density at radius 2 is 2.11 bits per heavy atom. The molecule has 0 bridgehead atoms. The molecule has 0 saturated carbocycles. The number of halogens is 1. The maximum absolute atomic E-state index is 11.4. The number of rotatable bonds is 2. The lowest BCUT2D eigenvalue weighted by Crippen LogP contribution is -1.69. The molecule has 0 aliphatic carbocycles. The van der Waals surface area contributed by atoms with Crippen LogP contribution in [0.4, 0.5) is 4.39 Å². The molecule has 0 rings (SSSR count). The molecule has 0 aromatic rings. The predicted octanol–water partition coefficient (Wildman–Crippen LogP) is 2.17. The average Bonchev–Trinajstić information content (AvgIpc) is 1.88. The summed E-state index contributed by atoms with van der Waals surface area (Å²) in [5, 5.41) is 6.27. The lowest BCUT2D eigenvalue weighted by Gasteiger charge is -1.71. The lowest BCUT2D eigenvalue weighted by atomic mass is 10.7. The first-order valence-corrected chi connectivity index (χ1v) is 2.64. The van der Waals surface area contributed by atoms with Gasteiger partial charge in [-0.05, 0) is 0 Å². The Hall–Kier alpha value is -0.990. The fourth-order valence-electron chi connectivity index (χ4n) is 0.118. The molecule has 0 spiro atoms. The summed E-state index contributed by atoms with van der Waals surface area (Å²) < 4.78 is 11.4. The van der Waals surface area contributed by atoms with Gasteiger partial charge in [0.2, 0.25) is 0 Å². The maximum Gasteiger partial charge on any atom is 0.134 e. The van der Waals surface area contributed by atoms with Gasteiger partial charge in [-0.2, -0.15) is 0 Å². The van der Waals surface area contributed by atoms with Crippen LogP contribution in [0.1, 0.15) is 13.8 Å². The molecule has 3 heteroatoms. The van der Waals surface area contributed by atoms with Crippen molar-refractivity contribution in [3.63, 3.8) is 0 Å². The Bertz CT molecular complexity index is 108. The normalized spacial score (nSPS) is 7.89. The van der Waals surface area contributed by atoms with E-state index >= 15 is 0 Å². The number of nitrogens with one attached hydrogen (secondary N) is 1. The molecule has 0 aromatic heterocycles. The van der Waals surface area contributed by atoms with Gasteiger partial charge in [0.05, 0.1) is 6.21 Å². The third kappa shape index (κ3) is 19.4. The van der Waals surface area contributed by atoms with Gasteiger partial charge in [0, 0.05) is 0 Å². The summed E-state index contributed by atoms with van der Waals surface area (Å²) in [6.45, 7) is 6.87. The molecule has 0 amide bonds. The van der Waals surface area contributed by atoms with Crippen LogP contribution in [0, 0.1) is 5.41 Å². The first kappa shape index (κ1) is 10.9. The van der Waals surface area contributed by atoms with Crippen molar-refractivity contribution in [3.8, 4) is 0 Å². The Kier molecular flexibility index (Phi) is 12.2. The molecule has 2 nitrogen and oxygen atoms in total. The summed E-state index contributed by atoms with van der Waals surface area (Å²) in [4.78, 5) is 3.11. The molecule has 0 radical (unpaired) electrons. The minimum Gasteiger partial charge on any atom is -0.290 e. The Labute approximate surface area is 54.6 Å². The summed E-state index contributed by atoms with van der Waals surface area (Å²) in [6, 6.07) is 0. The van der Waals surface area contributed by atoms with E-state index in [9.17, 15) is 4.39 Å². The van der Waals surface area contributed by atoms with E-state index in [1.165, 1.54) is 0 Å². The second-order valence-electron chi connectivity index (χ2n) is 0.854. The summed E-state index contributed by atoms with van der Waals surface area (Å²) in [6.07, 6.45) is 1.61. The molecule has 0 atom stereocenters. The number of nitrogens with zero attached hydrogens (tertiary/aromatic N) is 1. The third-order valence-electron chi connectivity index (χ3n) is 0.289. The molecule has 0 aliphatic rings. The van der Waals surface area contributed by atoms with Gasteiger partial charge in [0.25, 0.3) is 0 Å². The zero-order valence-corrected chi connectivity index (χ0v) is 5.69. The van der Waals surface area contributed by atoms with Gasteiger partial charge in [-0.25, -0.2) is 9.38 Å². The smallest absolute Gasteiger partial charge is 0.134 e. The lowest BCUT2D eigenvalue weighted by molar-refractivity contribution is 0.691. The van der Waals surface area contributed by atoms with Crippen molar-refractivity contribution in [2.75, 3.05) is 0 Å². The van der Waals surface area contributed by atoms with E-state index in [4.69, 9.17) is 5.41 Å². The van der Waals surface area contributed by atoms with Crippen molar-refractivity contribution in [1.82, 2.24) is 0 Å². The van der Waals surface area contributed by atoms with Gasteiger partial charge in [0.15, 0.2) is 0 Å². The standard InChI is InChI=1S/C4H5FN2.C2H6/c1-4(5)2-7-3-6;1-2/h2-3,6H,1H2;1-2H3. The molecular formula is C6H11FN2. The van der Waals surface area contributed by atoms with Crippen molar-refractivity contribution in [1.29, 1.82) is 5.41 Å². The van der Waals surface area contributed by atoms with Gasteiger partial charge in [-0.15, -0.1) is 0 Å². The number of aliphatic imine (C=N–C) groups is 1. The molecule has 1 N–H and O–H groups in total. The van der Waals surface area contributed by atoms with Crippen LogP contribution < -0.4 is 0 Å². The van der Waals surface area contributed by atoms with Crippen LogP contribution in [0.15, 0.2) is 17.4 Å². The average molecular weight is 130 g/mol. The topological polar surface area (TPSA) is 36.2 Å². The molecule has 0 unspecified atom stereocenters. The van der Waals surface area contributed by atoms with Crippen molar-refractivity contribution >= 4 is 12.6 Å². The monoisotopic (exact) mass is 130 g/mol. The molecule has 0 aromatic carbocycles. The van der Waals surface area contributed by atoms with Gasteiger partial charge >= 0.3 is 0 Å². The summed E-state index contributed by atoms with van der Waals surface area (Å²) >= 11 is 0. The van der Waals surface area contributed by atoms with E-state index in [2.05, 4.69) is 11.6 Å². The fraction of sp³-hybridized carbons (Fsp3) is 0.333. The highest BCUT2D eigenvalue weighted by molar-refractivity contribution is 5.81. The van der Waals surface area contributed by atoms with Crippen LogP contribution in [0.25, 0.3) is 0 Å². The molecule has 0 aliphatic heterocycles. The van der Waals surface area contributed by atoms with Crippen molar-refractivity contribution in [3.05, 3.63) is 12.4 Å². The molecule has 9 heavy (non-hydrogen) atoms. The summed E-state index contributed by atoms with van der Waals surface area (Å²) in [7, 11) is 0. The van der Waals surface area contributed by atoms with Crippen LogP contribution in [0.5, 0.6) is 0 Å². The Balaban J connectivity index is 0. The van der Waals surface area contributed by atoms with Crippen molar-refractivity contribution in [2.24, 2.45) is 4.99 Å². The third-order valence-corrected chi connectivity index (χ3v) is 0.289. The Morgan fingerprint density at radius 1 is 1.67 bits per heavy atom. The highest BCUT2D eigenvalue weighted by Crippen LogP contribution is 1.81. The van der Waals surface area contributed by atoms with E-state index in [0.29, 0.717) is 0 Å². The minimum atomic E-state index is -0.636. The van der Waals surface area contributed by atoms with Crippen LogP contribution in [-0.4, -0.2) is 12.6 Å². The van der Waals surface area contributed by atoms with Crippen LogP contribution in [0.2, 0.25) is 0 Å². The van der Waals surface area contributed by atoms with E-state index in [0.717, 1.165) is 12.6 Å². The van der Waals surface area contributed by atoms with Gasteiger partial charge in [-0.3, -0.25) is 5.41 Å². The highest BCUT2D eigenvalue weighted by Gasteiger charge is 1.73. The first-order chi connectivity index (χ1) is 4.27. The van der Waals surface area contributed by atoms with E-state index in [-0.39, 0.29) is 0 Å². The first-order valence-electron chi connectivity index (χ1n) is 2.64. The molecule has 52 valence electrons. The van der Waals surface area contributed by atoms with Gasteiger partial charge in [-0.1, -0.05) is 20.4 Å². The summed E-state index contributed by atoms with van der Waals surface area (Å²) in [5.41, 5.74) is 0. The van der Waals surface area contributed by atoms with Gasteiger partial charge in [0.1, 0.15) is 12.2 Å². The molecule has 0 fully saturated rings. The largest absolute Gasteiger partial charge is 0.290 e. The number of hydrogen-bond donors (Lipinski definition) is 1. The van der Waals surface area contributed by atoms with E-state index in [1.807, 2.05) is 13.8 Å². The fourth-order valence-corrected chi connectivity index (χ4v) is 0.118. The predicted molar refractivity (Wildman–Crippen MR) is 38.9 cm³/mol. The van der Waals surface area contributed by atoms with Crippen LogP contribution >= 0.6 is 0 Å². The van der Waals surface area contributed by atoms with Gasteiger partial charge < -0.3 is 0 Å². The van der Waals surface area contributed by atoms with Crippen LogP contribution in [0.3, 0.4) is 0 Å². The van der Waals surface area contributed by atoms with Crippen molar-refractivity contribution < 1.29 is 4.39 Å². The number of allylic oxidation sites excluding steroid dienone is 1. The SMILES string of the molecule is C=C(F)C=NC=N.CC. The maximum atomic E-state index is 11.4. The second-order valence-corrected chi connectivity index (χ2v) is 0.854. The zero-order chi connectivity index (χ0) is 7.70. The second kappa shape index (κ2) is 10.1. The van der Waals surface area contributed by atoms with Crippen molar-refractivity contribution in [2.45, 2.75) is 13.8 Å². The van der Waals surface area contributed by atoms with E-state index in [1.54, 1.807) is 0 Å². The Morgan fingerprint density at radius 3 is 2.22 bits per heavy atom. The number of hydrogen-bond acceptors (Lipinski definition) is 1. The summed E-state index contributed by atoms with van der Waals surface area (Å²) in [5.74, 6) is -0.636. The molecular weight excluding hydrogens is 119 g/mol. The zero-order valence-electron chi connectivity index (χ0n) is 5.69. The molecule has 0 heterocycles. The van der Waals surface area contributed by atoms with E-state index < -0.39 is 5.83 Å². The highest BCUT2D eigenvalue weighted by atomic mass is 19.1. The minimum absolute atomic E-state index is 0.636. The molecule has 0 saturated heterocycles. The van der Waals surface area contributed by atoms with Crippen LogP contribution in [-0.2, 0) is 0 Å².